The highest BCUT2D eigenvalue weighted by Gasteiger charge is 2.37. The number of aromatic nitrogens is 3. The van der Waals surface area contributed by atoms with Gasteiger partial charge in [0.25, 0.3) is 11.6 Å². The first-order valence-corrected chi connectivity index (χ1v) is 11.1. The summed E-state index contributed by atoms with van der Waals surface area (Å²) in [5.41, 5.74) is 2.83. The molecule has 1 aliphatic rings. The molecule has 1 unspecified atom stereocenters. The van der Waals surface area contributed by atoms with Crippen LogP contribution in [-0.2, 0) is 4.79 Å². The van der Waals surface area contributed by atoms with E-state index in [1.807, 2.05) is 32.0 Å². The van der Waals surface area contributed by atoms with E-state index < -0.39 is 11.0 Å². The van der Waals surface area contributed by atoms with E-state index in [0.717, 1.165) is 11.3 Å². The Balaban J connectivity index is 1.84. The number of rotatable bonds is 6. The highest BCUT2D eigenvalue weighted by molar-refractivity contribution is 7.99. The fourth-order valence-electron chi connectivity index (χ4n) is 3.71. The average molecular weight is 451 g/mol. The Hall–Kier alpha value is -3.66. The molecule has 0 aliphatic carbocycles. The van der Waals surface area contributed by atoms with Gasteiger partial charge in [-0.15, -0.1) is 5.10 Å². The number of hydrogen-bond donors (Lipinski definition) is 2. The molecule has 4 rings (SSSR count). The molecule has 32 heavy (non-hydrogen) atoms. The zero-order valence-corrected chi connectivity index (χ0v) is 18.6. The third-order valence-electron chi connectivity index (χ3n) is 5.06. The van der Waals surface area contributed by atoms with Gasteiger partial charge in [0.1, 0.15) is 6.04 Å². The number of nitro benzene ring substituents is 1. The van der Waals surface area contributed by atoms with Crippen molar-refractivity contribution in [3.63, 3.8) is 0 Å². The molecule has 1 atom stereocenters. The van der Waals surface area contributed by atoms with Gasteiger partial charge in [0.2, 0.25) is 11.1 Å². The molecule has 164 valence electrons. The SMILES string of the molecule is CCSc1nc2n(n1)C(c1ccccc1[N+](=O)[O-])C(C(=O)Nc1cccc(C)c1)=C(C)N2. The minimum atomic E-state index is -0.809. The predicted octanol–water partition coefficient (Wildman–Crippen LogP) is 4.53. The van der Waals surface area contributed by atoms with Gasteiger partial charge >= 0.3 is 0 Å². The maximum absolute atomic E-state index is 13.5. The molecule has 1 amide bonds. The third-order valence-corrected chi connectivity index (χ3v) is 5.78. The van der Waals surface area contributed by atoms with Crippen molar-refractivity contribution in [3.05, 3.63) is 81.0 Å². The van der Waals surface area contributed by atoms with Crippen LogP contribution >= 0.6 is 11.8 Å². The molecule has 0 spiro atoms. The molecule has 0 saturated carbocycles. The second kappa shape index (κ2) is 8.83. The standard InChI is InChI=1S/C22H22N6O3S/c1-4-32-22-25-21-23-14(3)18(20(29)24-15-9-7-8-13(2)12-15)19(27(21)26-22)16-10-5-6-11-17(16)28(30)31/h5-12,19H,4H2,1-3H3,(H,24,29)(H,23,25,26). The quantitative estimate of drug-likeness (QED) is 0.322. The van der Waals surface area contributed by atoms with Crippen LogP contribution in [0.2, 0.25) is 0 Å². The number of nitro groups is 1. The number of allylic oxidation sites excluding steroid dienone is 1. The molecule has 9 nitrogen and oxygen atoms in total. The molecule has 1 aliphatic heterocycles. The van der Waals surface area contributed by atoms with E-state index in [2.05, 4.69) is 20.7 Å². The molecule has 2 N–H and O–H groups in total. The lowest BCUT2D eigenvalue weighted by Crippen LogP contribution is -2.32. The summed E-state index contributed by atoms with van der Waals surface area (Å²) in [6, 6.07) is 13.0. The summed E-state index contributed by atoms with van der Waals surface area (Å²) < 4.78 is 1.55. The van der Waals surface area contributed by atoms with E-state index in [1.165, 1.54) is 17.8 Å². The van der Waals surface area contributed by atoms with E-state index in [4.69, 9.17) is 0 Å². The van der Waals surface area contributed by atoms with Crippen LogP contribution in [-0.4, -0.2) is 31.3 Å². The second-order valence-electron chi connectivity index (χ2n) is 7.30. The number of carbonyl (C=O) groups is 1. The van der Waals surface area contributed by atoms with Crippen molar-refractivity contribution in [1.82, 2.24) is 14.8 Å². The summed E-state index contributed by atoms with van der Waals surface area (Å²) >= 11 is 1.46. The maximum Gasteiger partial charge on any atom is 0.275 e. The Kier molecular flexibility index (Phi) is 5.95. The molecule has 3 aromatic rings. The Bertz CT molecular complexity index is 1240. The smallest absolute Gasteiger partial charge is 0.275 e. The van der Waals surface area contributed by atoms with Gasteiger partial charge in [-0.1, -0.05) is 43.0 Å². The van der Waals surface area contributed by atoms with E-state index in [0.29, 0.717) is 33.6 Å². The van der Waals surface area contributed by atoms with E-state index in [1.54, 1.807) is 35.9 Å². The molecule has 0 saturated heterocycles. The van der Waals surface area contributed by atoms with E-state index in [9.17, 15) is 14.9 Å². The number of amides is 1. The Morgan fingerprint density at radius 3 is 2.75 bits per heavy atom. The third kappa shape index (κ3) is 4.09. The van der Waals surface area contributed by atoms with Crippen LogP contribution in [0.3, 0.4) is 0 Å². The van der Waals surface area contributed by atoms with E-state index in [-0.39, 0.29) is 11.6 Å². The van der Waals surface area contributed by atoms with E-state index >= 15 is 0 Å². The Morgan fingerprint density at radius 1 is 1.25 bits per heavy atom. The molecule has 10 heteroatoms. The van der Waals surface area contributed by atoms with Crippen molar-refractivity contribution in [2.45, 2.75) is 32.0 Å². The number of nitrogens with one attached hydrogen (secondary N) is 2. The van der Waals surface area contributed by atoms with Gasteiger partial charge in [0.15, 0.2) is 0 Å². The number of anilines is 2. The highest BCUT2D eigenvalue weighted by Crippen LogP contribution is 2.40. The first-order valence-electron chi connectivity index (χ1n) is 10.1. The zero-order valence-electron chi connectivity index (χ0n) is 17.8. The average Bonchev–Trinajstić information content (AvgIpc) is 3.14. The van der Waals surface area contributed by atoms with Crippen molar-refractivity contribution in [3.8, 4) is 0 Å². The maximum atomic E-state index is 13.5. The number of para-hydroxylation sites is 1. The Labute approximate surface area is 189 Å². The number of benzene rings is 2. The van der Waals surface area contributed by atoms with Gasteiger partial charge in [0, 0.05) is 17.5 Å². The molecular weight excluding hydrogens is 428 g/mol. The molecule has 0 fully saturated rings. The van der Waals surface area contributed by atoms with Gasteiger partial charge in [-0.3, -0.25) is 14.9 Å². The second-order valence-corrected chi connectivity index (χ2v) is 8.53. The van der Waals surface area contributed by atoms with Gasteiger partial charge in [-0.2, -0.15) is 4.98 Å². The minimum Gasteiger partial charge on any atom is -0.328 e. The lowest BCUT2D eigenvalue weighted by molar-refractivity contribution is -0.385. The fraction of sp³-hybridized carbons (Fsp3) is 0.227. The van der Waals surface area contributed by atoms with Crippen LogP contribution in [0.4, 0.5) is 17.3 Å². The van der Waals surface area contributed by atoms with Gasteiger partial charge in [-0.25, -0.2) is 4.68 Å². The number of aryl methyl sites for hydroxylation is 1. The van der Waals surface area contributed by atoms with Crippen molar-refractivity contribution >= 4 is 35.0 Å². The van der Waals surface area contributed by atoms with Gasteiger partial charge < -0.3 is 10.6 Å². The monoisotopic (exact) mass is 450 g/mol. The van der Waals surface area contributed by atoms with Gasteiger partial charge in [-0.05, 0) is 43.4 Å². The van der Waals surface area contributed by atoms with Crippen LogP contribution in [0.25, 0.3) is 0 Å². The zero-order chi connectivity index (χ0) is 22.8. The number of thioether (sulfide) groups is 1. The predicted molar refractivity (Wildman–Crippen MR) is 124 cm³/mol. The summed E-state index contributed by atoms with van der Waals surface area (Å²) in [6.45, 7) is 5.69. The summed E-state index contributed by atoms with van der Waals surface area (Å²) in [5.74, 6) is 0.843. The Morgan fingerprint density at radius 2 is 2.03 bits per heavy atom. The highest BCUT2D eigenvalue weighted by atomic mass is 32.2. The van der Waals surface area contributed by atoms with Crippen molar-refractivity contribution in [2.75, 3.05) is 16.4 Å². The summed E-state index contributed by atoms with van der Waals surface area (Å²) in [7, 11) is 0. The molecule has 2 heterocycles. The van der Waals surface area contributed by atoms with Gasteiger partial charge in [0.05, 0.1) is 16.1 Å². The molecular formula is C22H22N6O3S. The summed E-state index contributed by atoms with van der Waals surface area (Å²) in [5, 5.41) is 22.9. The van der Waals surface area contributed by atoms with Crippen molar-refractivity contribution < 1.29 is 9.72 Å². The van der Waals surface area contributed by atoms with Crippen LogP contribution in [0, 0.1) is 17.0 Å². The van der Waals surface area contributed by atoms with Crippen molar-refractivity contribution in [2.24, 2.45) is 0 Å². The topological polar surface area (TPSA) is 115 Å². The molecule has 0 radical (unpaired) electrons. The largest absolute Gasteiger partial charge is 0.328 e. The first-order chi connectivity index (χ1) is 15.4. The summed E-state index contributed by atoms with van der Waals surface area (Å²) in [4.78, 5) is 29.3. The molecule has 0 bridgehead atoms. The number of carbonyl (C=O) groups excluding carboxylic acids is 1. The lowest BCUT2D eigenvalue weighted by Gasteiger charge is -2.28. The fourth-order valence-corrected chi connectivity index (χ4v) is 4.26. The number of fused-ring (bicyclic) bond motifs is 1. The van der Waals surface area contributed by atoms with Crippen LogP contribution in [0.15, 0.2) is 65.0 Å². The summed E-state index contributed by atoms with van der Waals surface area (Å²) in [6.07, 6.45) is 0. The minimum absolute atomic E-state index is 0.0841. The number of nitrogens with zero attached hydrogens (tertiary/aromatic N) is 4. The molecule has 1 aromatic heterocycles. The number of hydrogen-bond acceptors (Lipinski definition) is 7. The van der Waals surface area contributed by atoms with Crippen LogP contribution < -0.4 is 10.6 Å². The van der Waals surface area contributed by atoms with Crippen molar-refractivity contribution in [1.29, 1.82) is 0 Å². The normalized spacial score (nSPS) is 15.2. The van der Waals surface area contributed by atoms with Crippen LogP contribution in [0.5, 0.6) is 0 Å². The first kappa shape index (κ1) is 21.6. The van der Waals surface area contributed by atoms with Crippen LogP contribution in [0.1, 0.15) is 31.0 Å². The molecule has 2 aromatic carbocycles. The lowest BCUT2D eigenvalue weighted by atomic mass is 9.93.